The Hall–Kier alpha value is -2.73. The zero-order chi connectivity index (χ0) is 19.1. The number of anilines is 1. The van der Waals surface area contributed by atoms with E-state index >= 15 is 0 Å². The van der Waals surface area contributed by atoms with Gasteiger partial charge in [0.2, 0.25) is 0 Å². The third-order valence-electron chi connectivity index (χ3n) is 4.52. The fraction of sp³-hybridized carbons (Fsp3) is 0.381. The first-order valence-electron chi connectivity index (χ1n) is 9.12. The van der Waals surface area contributed by atoms with Gasteiger partial charge in [0.1, 0.15) is 11.5 Å². The molecule has 1 atom stereocenters. The van der Waals surface area contributed by atoms with Crippen LogP contribution in [-0.4, -0.2) is 44.0 Å². The highest BCUT2D eigenvalue weighted by molar-refractivity contribution is 5.72. The van der Waals surface area contributed by atoms with Crippen LogP contribution in [-0.2, 0) is 22.4 Å². The highest BCUT2D eigenvalue weighted by Gasteiger charge is 2.16. The van der Waals surface area contributed by atoms with E-state index in [9.17, 15) is 4.79 Å². The van der Waals surface area contributed by atoms with E-state index in [-0.39, 0.29) is 0 Å². The minimum absolute atomic E-state index is 0.330. The molecule has 0 amide bonds. The number of fused-ring (bicyclic) bond motifs is 1. The molecule has 6 nitrogen and oxygen atoms in total. The molecular formula is C21H25NO5. The third-order valence-corrected chi connectivity index (χ3v) is 4.52. The minimum Gasteiger partial charge on any atom is -0.493 e. The number of rotatable bonds is 10. The molecule has 2 aromatic rings. The number of ether oxygens (including phenoxy) is 3. The van der Waals surface area contributed by atoms with Crippen LogP contribution in [0.2, 0.25) is 0 Å². The second-order valence-corrected chi connectivity index (χ2v) is 6.46. The zero-order valence-corrected chi connectivity index (χ0v) is 15.4. The second-order valence-electron chi connectivity index (χ2n) is 6.46. The Morgan fingerprint density at radius 1 is 1.11 bits per heavy atom. The molecule has 0 spiro atoms. The minimum atomic E-state index is -0.961. The van der Waals surface area contributed by atoms with Crippen molar-refractivity contribution in [1.29, 1.82) is 0 Å². The molecule has 0 fully saturated rings. The summed E-state index contributed by atoms with van der Waals surface area (Å²) in [6.07, 6.45) is 1.32. The second kappa shape index (κ2) is 9.28. The smallest absolute Gasteiger partial charge is 0.333 e. The van der Waals surface area contributed by atoms with Crippen LogP contribution in [0.3, 0.4) is 0 Å². The Balaban J connectivity index is 1.37. The van der Waals surface area contributed by atoms with Crippen LogP contribution in [0.5, 0.6) is 11.5 Å². The largest absolute Gasteiger partial charge is 0.493 e. The summed E-state index contributed by atoms with van der Waals surface area (Å²) in [6.45, 7) is 2.15. The number of nitrogens with one attached hydrogen (secondary N) is 1. The molecule has 144 valence electrons. The number of methoxy groups -OCH3 is 1. The van der Waals surface area contributed by atoms with E-state index in [4.69, 9.17) is 19.3 Å². The zero-order valence-electron chi connectivity index (χ0n) is 15.4. The van der Waals surface area contributed by atoms with Crippen molar-refractivity contribution in [2.75, 3.05) is 32.2 Å². The number of hydrogen-bond acceptors (Lipinski definition) is 5. The summed E-state index contributed by atoms with van der Waals surface area (Å²) in [5.41, 5.74) is 3.41. The van der Waals surface area contributed by atoms with E-state index in [0.717, 1.165) is 36.4 Å². The van der Waals surface area contributed by atoms with Gasteiger partial charge in [0.25, 0.3) is 0 Å². The number of carboxylic acid groups (broad SMARTS) is 1. The Kier molecular flexibility index (Phi) is 6.54. The van der Waals surface area contributed by atoms with Crippen LogP contribution in [0.15, 0.2) is 42.5 Å². The lowest BCUT2D eigenvalue weighted by Gasteiger charge is -2.11. The molecule has 0 radical (unpaired) electrons. The van der Waals surface area contributed by atoms with Gasteiger partial charge in [0.15, 0.2) is 6.10 Å². The van der Waals surface area contributed by atoms with Gasteiger partial charge in [0.05, 0.1) is 13.2 Å². The summed E-state index contributed by atoms with van der Waals surface area (Å²) in [6, 6.07) is 13.6. The molecule has 0 saturated carbocycles. The van der Waals surface area contributed by atoms with Crippen molar-refractivity contribution < 1.29 is 24.1 Å². The van der Waals surface area contributed by atoms with Gasteiger partial charge in [-0.05, 0) is 47.9 Å². The van der Waals surface area contributed by atoms with Gasteiger partial charge in [-0.2, -0.15) is 0 Å². The van der Waals surface area contributed by atoms with Crippen molar-refractivity contribution in [1.82, 2.24) is 0 Å². The summed E-state index contributed by atoms with van der Waals surface area (Å²) in [7, 11) is 1.40. The number of carbonyl (C=O) groups is 1. The maximum atomic E-state index is 11.0. The monoisotopic (exact) mass is 371 g/mol. The first-order chi connectivity index (χ1) is 13.2. The van der Waals surface area contributed by atoms with Gasteiger partial charge >= 0.3 is 5.97 Å². The van der Waals surface area contributed by atoms with Crippen molar-refractivity contribution in [3.05, 3.63) is 53.6 Å². The van der Waals surface area contributed by atoms with Gasteiger partial charge in [-0.1, -0.05) is 12.1 Å². The first kappa shape index (κ1) is 19.0. The molecule has 0 unspecified atom stereocenters. The molecule has 27 heavy (non-hydrogen) atoms. The van der Waals surface area contributed by atoms with Crippen LogP contribution in [0.4, 0.5) is 5.69 Å². The highest BCUT2D eigenvalue weighted by Crippen LogP contribution is 2.26. The summed E-state index contributed by atoms with van der Waals surface area (Å²) in [5, 5.41) is 12.4. The lowest BCUT2D eigenvalue weighted by Crippen LogP contribution is -2.24. The molecule has 0 aromatic heterocycles. The van der Waals surface area contributed by atoms with Gasteiger partial charge < -0.3 is 24.6 Å². The maximum absolute atomic E-state index is 11.0. The molecule has 2 N–H and O–H groups in total. The number of aliphatic carboxylic acids is 1. The SMILES string of the molecule is CO[C@@H](Cc1ccc(OCCCOc2ccc3c(c2)CCN3)cc1)C(=O)O. The molecule has 0 saturated heterocycles. The van der Waals surface area contributed by atoms with E-state index in [0.29, 0.717) is 19.6 Å². The third kappa shape index (κ3) is 5.37. The van der Waals surface area contributed by atoms with Gasteiger partial charge in [0, 0.05) is 32.2 Å². The molecule has 1 aliphatic heterocycles. The summed E-state index contributed by atoms with van der Waals surface area (Å²) in [4.78, 5) is 11.0. The fourth-order valence-electron chi connectivity index (χ4n) is 3.02. The van der Waals surface area contributed by atoms with Gasteiger partial charge in [-0.25, -0.2) is 4.79 Å². The molecular weight excluding hydrogens is 346 g/mol. The maximum Gasteiger partial charge on any atom is 0.333 e. The fourth-order valence-corrected chi connectivity index (χ4v) is 3.02. The van der Waals surface area contributed by atoms with Crippen LogP contribution in [0.25, 0.3) is 0 Å². The molecule has 6 heteroatoms. The molecule has 0 aliphatic carbocycles. The standard InChI is InChI=1S/C21H25NO5/c1-25-20(21(23)24)13-15-3-5-17(6-4-15)26-11-2-12-27-18-7-8-19-16(14-18)9-10-22-19/h3-8,14,20,22H,2,9-13H2,1H3,(H,23,24)/t20-/m0/s1. The van der Waals surface area contributed by atoms with Crippen molar-refractivity contribution in [3.63, 3.8) is 0 Å². The lowest BCUT2D eigenvalue weighted by atomic mass is 10.1. The average Bonchev–Trinajstić information content (AvgIpc) is 3.14. The quantitative estimate of drug-likeness (QED) is 0.625. The normalized spacial score (nSPS) is 13.5. The van der Waals surface area contributed by atoms with Crippen LogP contribution >= 0.6 is 0 Å². The first-order valence-corrected chi connectivity index (χ1v) is 9.12. The highest BCUT2D eigenvalue weighted by atomic mass is 16.5. The Bertz CT molecular complexity index is 760. The molecule has 3 rings (SSSR count). The predicted octanol–water partition coefficient (Wildman–Crippen LogP) is 3.14. The van der Waals surface area contributed by atoms with Crippen molar-refractivity contribution in [3.8, 4) is 11.5 Å². The summed E-state index contributed by atoms with van der Waals surface area (Å²) in [5.74, 6) is 0.692. The molecule has 2 aromatic carbocycles. The van der Waals surface area contributed by atoms with Gasteiger partial charge in [-0.15, -0.1) is 0 Å². The van der Waals surface area contributed by atoms with Crippen molar-refractivity contribution in [2.24, 2.45) is 0 Å². The number of benzene rings is 2. The van der Waals surface area contributed by atoms with Crippen LogP contribution in [0.1, 0.15) is 17.5 Å². The molecule has 1 heterocycles. The molecule has 1 aliphatic rings. The van der Waals surface area contributed by atoms with Gasteiger partial charge in [-0.3, -0.25) is 0 Å². The van der Waals surface area contributed by atoms with E-state index in [1.165, 1.54) is 18.4 Å². The Morgan fingerprint density at radius 3 is 2.52 bits per heavy atom. The summed E-state index contributed by atoms with van der Waals surface area (Å²) < 4.78 is 16.5. The Labute approximate surface area is 159 Å². The van der Waals surface area contributed by atoms with E-state index in [1.54, 1.807) is 0 Å². The van der Waals surface area contributed by atoms with E-state index in [1.807, 2.05) is 30.3 Å². The lowest BCUT2D eigenvalue weighted by molar-refractivity contribution is -0.148. The van der Waals surface area contributed by atoms with Crippen LogP contribution in [0, 0.1) is 0 Å². The van der Waals surface area contributed by atoms with E-state index < -0.39 is 12.1 Å². The van der Waals surface area contributed by atoms with E-state index in [2.05, 4.69) is 17.4 Å². The Morgan fingerprint density at radius 2 is 1.81 bits per heavy atom. The van der Waals surface area contributed by atoms with Crippen molar-refractivity contribution >= 4 is 11.7 Å². The van der Waals surface area contributed by atoms with Crippen LogP contribution < -0.4 is 14.8 Å². The summed E-state index contributed by atoms with van der Waals surface area (Å²) >= 11 is 0. The number of hydrogen-bond donors (Lipinski definition) is 2. The van der Waals surface area contributed by atoms with Crippen molar-refractivity contribution in [2.45, 2.75) is 25.4 Å². The predicted molar refractivity (Wildman–Crippen MR) is 103 cm³/mol. The average molecular weight is 371 g/mol. The number of carboxylic acids is 1. The topological polar surface area (TPSA) is 77.0 Å². The molecule has 0 bridgehead atoms.